The number of carbonyl (C=O) groups is 2. The van der Waals surface area contributed by atoms with Gasteiger partial charge in [-0.3, -0.25) is 4.79 Å². The molecule has 1 aliphatic rings. The lowest BCUT2D eigenvalue weighted by molar-refractivity contribution is -0.146. The number of aliphatic carboxylic acids is 1. The Labute approximate surface area is 110 Å². The average molecular weight is 263 g/mol. The number of carboxylic acid groups (broad SMARTS) is 1. The highest BCUT2D eigenvalue weighted by Gasteiger charge is 2.32. The van der Waals surface area contributed by atoms with Crippen LogP contribution in [0, 0.1) is 5.82 Å². The minimum absolute atomic E-state index is 0.353. The number of carbonyl (C=O) groups excluding carboxylic acids is 1. The van der Waals surface area contributed by atoms with E-state index in [-0.39, 0.29) is 11.7 Å². The highest BCUT2D eigenvalue weighted by molar-refractivity contribution is 5.94. The fourth-order valence-electron chi connectivity index (χ4n) is 2.16. The molecule has 0 saturated carbocycles. The van der Waals surface area contributed by atoms with Gasteiger partial charge in [-0.15, -0.1) is 0 Å². The van der Waals surface area contributed by atoms with E-state index in [0.29, 0.717) is 24.9 Å². The second-order valence-corrected chi connectivity index (χ2v) is 4.42. The van der Waals surface area contributed by atoms with Crippen LogP contribution in [-0.4, -0.2) is 34.5 Å². The van der Waals surface area contributed by atoms with Crippen molar-refractivity contribution in [2.45, 2.75) is 18.9 Å². The van der Waals surface area contributed by atoms with E-state index < -0.39 is 12.0 Å². The normalized spacial score (nSPS) is 19.0. The average Bonchev–Trinajstić information content (AvgIpc) is 2.85. The summed E-state index contributed by atoms with van der Waals surface area (Å²) < 4.78 is 13.0. The van der Waals surface area contributed by atoms with Gasteiger partial charge < -0.3 is 10.0 Å². The summed E-state index contributed by atoms with van der Waals surface area (Å²) in [6.45, 7) is 0.448. The molecule has 19 heavy (non-hydrogen) atoms. The molecule has 1 amide bonds. The molecule has 1 atom stereocenters. The van der Waals surface area contributed by atoms with Crippen LogP contribution in [0.1, 0.15) is 18.4 Å². The summed E-state index contributed by atoms with van der Waals surface area (Å²) in [5.74, 6) is -1.71. The Morgan fingerprint density at radius 2 is 2.21 bits per heavy atom. The lowest BCUT2D eigenvalue weighted by Crippen LogP contribution is -2.39. The molecule has 0 unspecified atom stereocenters. The first-order chi connectivity index (χ1) is 9.08. The molecule has 1 aromatic carbocycles. The molecular weight excluding hydrogens is 249 g/mol. The lowest BCUT2D eigenvalue weighted by atomic mass is 10.2. The number of nitrogens with zero attached hydrogens (tertiary/aromatic N) is 1. The van der Waals surface area contributed by atoms with Crippen molar-refractivity contribution in [3.05, 3.63) is 41.7 Å². The van der Waals surface area contributed by atoms with Crippen LogP contribution in [-0.2, 0) is 9.59 Å². The van der Waals surface area contributed by atoms with Crippen molar-refractivity contribution in [2.75, 3.05) is 6.54 Å². The van der Waals surface area contributed by atoms with Crippen LogP contribution in [0.5, 0.6) is 0 Å². The highest BCUT2D eigenvalue weighted by Crippen LogP contribution is 2.18. The van der Waals surface area contributed by atoms with Crippen LogP contribution in [0.3, 0.4) is 0 Å². The van der Waals surface area contributed by atoms with Gasteiger partial charge in [-0.2, -0.15) is 0 Å². The van der Waals surface area contributed by atoms with Gasteiger partial charge in [0.25, 0.3) is 0 Å². The third-order valence-electron chi connectivity index (χ3n) is 3.09. The van der Waals surface area contributed by atoms with Crippen LogP contribution in [0.15, 0.2) is 30.3 Å². The van der Waals surface area contributed by atoms with Crippen LogP contribution in [0.4, 0.5) is 4.39 Å². The molecule has 1 heterocycles. The van der Waals surface area contributed by atoms with Gasteiger partial charge in [0.05, 0.1) is 0 Å². The maximum absolute atomic E-state index is 13.0. The van der Waals surface area contributed by atoms with Gasteiger partial charge in [-0.25, -0.2) is 9.18 Å². The molecule has 0 aromatic heterocycles. The summed E-state index contributed by atoms with van der Waals surface area (Å²) in [6, 6.07) is 5.10. The van der Waals surface area contributed by atoms with E-state index in [9.17, 15) is 14.0 Å². The summed E-state index contributed by atoms with van der Waals surface area (Å²) in [7, 11) is 0. The predicted molar refractivity (Wildman–Crippen MR) is 67.8 cm³/mol. The standard InChI is InChI=1S/C14H14FNO3/c15-11-4-1-3-10(9-11)6-7-13(17)16-8-2-5-12(16)14(18)19/h1,3-4,6-7,9,12H,2,5,8H2,(H,18,19)/b7-6+/t12-/m1/s1. The molecule has 0 bridgehead atoms. The van der Waals surface area contributed by atoms with E-state index in [1.165, 1.54) is 29.2 Å². The summed E-state index contributed by atoms with van der Waals surface area (Å²) in [5, 5.41) is 8.99. The number of benzene rings is 1. The van der Waals surface area contributed by atoms with Crippen molar-refractivity contribution in [1.82, 2.24) is 4.90 Å². The number of hydrogen-bond donors (Lipinski definition) is 1. The molecule has 2 rings (SSSR count). The molecule has 1 aromatic rings. The van der Waals surface area contributed by atoms with Gasteiger partial charge in [0.2, 0.25) is 5.91 Å². The van der Waals surface area contributed by atoms with Crippen molar-refractivity contribution in [1.29, 1.82) is 0 Å². The second-order valence-electron chi connectivity index (χ2n) is 4.42. The van der Waals surface area contributed by atoms with E-state index in [1.54, 1.807) is 12.1 Å². The molecule has 1 aliphatic heterocycles. The number of carboxylic acids is 1. The number of halogens is 1. The van der Waals surface area contributed by atoms with E-state index in [0.717, 1.165) is 0 Å². The van der Waals surface area contributed by atoms with Crippen molar-refractivity contribution < 1.29 is 19.1 Å². The number of hydrogen-bond acceptors (Lipinski definition) is 2. The molecule has 5 heteroatoms. The quantitative estimate of drug-likeness (QED) is 0.847. The van der Waals surface area contributed by atoms with Crippen LogP contribution >= 0.6 is 0 Å². The number of likely N-dealkylation sites (tertiary alicyclic amines) is 1. The zero-order chi connectivity index (χ0) is 13.8. The Hall–Kier alpha value is -2.17. The molecular formula is C14H14FNO3. The summed E-state index contributed by atoms with van der Waals surface area (Å²) in [5.41, 5.74) is 0.569. The third kappa shape index (κ3) is 3.19. The van der Waals surface area contributed by atoms with E-state index in [2.05, 4.69) is 0 Å². The topological polar surface area (TPSA) is 57.6 Å². The lowest BCUT2D eigenvalue weighted by Gasteiger charge is -2.19. The van der Waals surface area contributed by atoms with Crippen molar-refractivity contribution in [2.24, 2.45) is 0 Å². The summed E-state index contributed by atoms with van der Waals surface area (Å²) in [6.07, 6.45) is 3.95. The first-order valence-electron chi connectivity index (χ1n) is 6.05. The highest BCUT2D eigenvalue weighted by atomic mass is 19.1. The Balaban J connectivity index is 2.06. The molecule has 4 nitrogen and oxygen atoms in total. The molecule has 1 fully saturated rings. The minimum atomic E-state index is -0.981. The smallest absolute Gasteiger partial charge is 0.326 e. The maximum atomic E-state index is 13.0. The van der Waals surface area contributed by atoms with Crippen LogP contribution in [0.2, 0.25) is 0 Å². The van der Waals surface area contributed by atoms with Gasteiger partial charge in [-0.05, 0) is 36.6 Å². The molecule has 0 spiro atoms. The number of rotatable bonds is 3. The molecule has 100 valence electrons. The third-order valence-corrected chi connectivity index (χ3v) is 3.09. The molecule has 1 N–H and O–H groups in total. The summed E-state index contributed by atoms with van der Waals surface area (Å²) >= 11 is 0. The van der Waals surface area contributed by atoms with Crippen molar-refractivity contribution in [3.63, 3.8) is 0 Å². The SMILES string of the molecule is O=C(O)[C@H]1CCCN1C(=O)/C=C/c1cccc(F)c1. The Morgan fingerprint density at radius 1 is 1.42 bits per heavy atom. The molecule has 0 radical (unpaired) electrons. The van der Waals surface area contributed by atoms with Crippen LogP contribution < -0.4 is 0 Å². The minimum Gasteiger partial charge on any atom is -0.480 e. The molecule has 0 aliphatic carbocycles. The van der Waals surface area contributed by atoms with Crippen LogP contribution in [0.25, 0.3) is 6.08 Å². The van der Waals surface area contributed by atoms with E-state index in [4.69, 9.17) is 5.11 Å². The van der Waals surface area contributed by atoms with Gasteiger partial charge in [0, 0.05) is 12.6 Å². The fourth-order valence-corrected chi connectivity index (χ4v) is 2.16. The zero-order valence-corrected chi connectivity index (χ0v) is 10.3. The fraction of sp³-hybridized carbons (Fsp3) is 0.286. The van der Waals surface area contributed by atoms with Crippen molar-refractivity contribution >= 4 is 18.0 Å². The van der Waals surface area contributed by atoms with E-state index >= 15 is 0 Å². The van der Waals surface area contributed by atoms with Gasteiger partial charge in [0.1, 0.15) is 11.9 Å². The van der Waals surface area contributed by atoms with Gasteiger partial charge in [-0.1, -0.05) is 12.1 Å². The summed E-state index contributed by atoms with van der Waals surface area (Å²) in [4.78, 5) is 24.2. The Morgan fingerprint density at radius 3 is 2.89 bits per heavy atom. The Kier molecular flexibility index (Phi) is 3.94. The first kappa shape index (κ1) is 13.3. The Bertz CT molecular complexity index is 527. The molecule has 1 saturated heterocycles. The van der Waals surface area contributed by atoms with Gasteiger partial charge in [0.15, 0.2) is 0 Å². The van der Waals surface area contributed by atoms with E-state index in [1.807, 2.05) is 0 Å². The maximum Gasteiger partial charge on any atom is 0.326 e. The second kappa shape index (κ2) is 5.65. The first-order valence-corrected chi connectivity index (χ1v) is 6.05. The monoisotopic (exact) mass is 263 g/mol. The number of amides is 1. The zero-order valence-electron chi connectivity index (χ0n) is 10.3. The predicted octanol–water partition coefficient (Wildman–Crippen LogP) is 1.91. The van der Waals surface area contributed by atoms with Gasteiger partial charge >= 0.3 is 5.97 Å². The van der Waals surface area contributed by atoms with Crippen molar-refractivity contribution in [3.8, 4) is 0 Å². The largest absolute Gasteiger partial charge is 0.480 e.